The molecule has 1 aliphatic carbocycles. The normalized spacial score (nSPS) is 31.2. The Morgan fingerprint density at radius 3 is 2.27 bits per heavy atom. The molecule has 1 aromatic carbocycles. The van der Waals surface area contributed by atoms with Gasteiger partial charge in [0.25, 0.3) is 0 Å². The zero-order chi connectivity index (χ0) is 18.6. The lowest BCUT2D eigenvalue weighted by molar-refractivity contribution is -0.139. The quantitative estimate of drug-likeness (QED) is 0.905. The van der Waals surface area contributed by atoms with Crippen LogP contribution in [0.1, 0.15) is 45.1 Å². The minimum atomic E-state index is -0.730. The fourth-order valence-corrected chi connectivity index (χ4v) is 5.25. The molecule has 4 nitrogen and oxygen atoms in total. The second-order valence-electron chi connectivity index (χ2n) is 9.50. The molecule has 0 bridgehead atoms. The van der Waals surface area contributed by atoms with Gasteiger partial charge in [0.05, 0.1) is 17.6 Å². The van der Waals surface area contributed by atoms with E-state index in [-0.39, 0.29) is 11.3 Å². The molecule has 1 saturated carbocycles. The Labute approximate surface area is 157 Å². The summed E-state index contributed by atoms with van der Waals surface area (Å²) in [7, 11) is 2.13. The van der Waals surface area contributed by atoms with E-state index in [1.54, 1.807) is 0 Å². The summed E-state index contributed by atoms with van der Waals surface area (Å²) in [5.41, 5.74) is -0.282. The molecule has 3 fully saturated rings. The highest BCUT2D eigenvalue weighted by Crippen LogP contribution is 2.53. The number of amides is 1. The highest BCUT2D eigenvalue weighted by Gasteiger charge is 2.61. The van der Waals surface area contributed by atoms with Gasteiger partial charge in [-0.3, -0.25) is 4.79 Å². The number of benzene rings is 1. The van der Waals surface area contributed by atoms with Crippen LogP contribution < -0.4 is 0 Å². The number of β-amino-alcohol motifs (C(OH)–C–C–N with tert-alkyl or cyclic N) is 1. The van der Waals surface area contributed by atoms with Crippen molar-refractivity contribution in [2.45, 2.75) is 50.5 Å². The maximum Gasteiger partial charge on any atom is 0.233 e. The lowest BCUT2D eigenvalue weighted by atomic mass is 9.71. The number of rotatable bonds is 3. The van der Waals surface area contributed by atoms with Crippen molar-refractivity contribution < 1.29 is 9.90 Å². The molecule has 1 atom stereocenters. The largest absolute Gasteiger partial charge is 0.387 e. The van der Waals surface area contributed by atoms with Gasteiger partial charge in [0.1, 0.15) is 0 Å². The molecule has 1 aromatic rings. The van der Waals surface area contributed by atoms with Crippen LogP contribution in [-0.4, -0.2) is 59.6 Å². The van der Waals surface area contributed by atoms with Crippen LogP contribution in [0.3, 0.4) is 0 Å². The third-order valence-corrected chi connectivity index (χ3v) is 7.31. The van der Waals surface area contributed by atoms with Gasteiger partial charge in [0.2, 0.25) is 5.91 Å². The summed E-state index contributed by atoms with van der Waals surface area (Å²) in [5, 5.41) is 11.4. The maximum atomic E-state index is 13.8. The maximum absolute atomic E-state index is 13.8. The molecule has 0 aromatic heterocycles. The van der Waals surface area contributed by atoms with Crippen LogP contribution in [0.2, 0.25) is 0 Å². The first-order chi connectivity index (χ1) is 12.3. The number of aliphatic hydroxyl groups is 1. The number of hydrogen-bond donors (Lipinski definition) is 1. The first-order valence-electron chi connectivity index (χ1n) is 10.0. The van der Waals surface area contributed by atoms with Crippen molar-refractivity contribution in [2.75, 3.05) is 33.2 Å². The topological polar surface area (TPSA) is 43.8 Å². The molecule has 2 saturated heterocycles. The van der Waals surface area contributed by atoms with Gasteiger partial charge in [-0.05, 0) is 57.3 Å². The van der Waals surface area contributed by atoms with Crippen molar-refractivity contribution in [3.63, 3.8) is 0 Å². The van der Waals surface area contributed by atoms with Crippen molar-refractivity contribution in [3.05, 3.63) is 35.9 Å². The summed E-state index contributed by atoms with van der Waals surface area (Å²) in [5.74, 6) is 0.585. The Bertz CT molecular complexity index is 675. The fourth-order valence-electron chi connectivity index (χ4n) is 5.25. The Morgan fingerprint density at radius 2 is 1.69 bits per heavy atom. The molecule has 1 N–H and O–H groups in total. The molecule has 26 heavy (non-hydrogen) atoms. The van der Waals surface area contributed by atoms with Crippen LogP contribution in [0.4, 0.5) is 0 Å². The third-order valence-electron chi connectivity index (χ3n) is 7.31. The number of carbonyl (C=O) groups is 1. The average Bonchev–Trinajstić information content (AvgIpc) is 3.44. The molecule has 1 amide bonds. The zero-order valence-corrected chi connectivity index (χ0v) is 16.4. The van der Waals surface area contributed by atoms with Crippen molar-refractivity contribution in [2.24, 2.45) is 11.3 Å². The van der Waals surface area contributed by atoms with E-state index in [1.807, 2.05) is 23.1 Å². The van der Waals surface area contributed by atoms with Gasteiger partial charge in [0, 0.05) is 12.0 Å². The Balaban J connectivity index is 1.66. The molecule has 0 unspecified atom stereocenters. The molecular weight excluding hydrogens is 324 g/mol. The predicted octanol–water partition coefficient (Wildman–Crippen LogP) is 2.66. The smallest absolute Gasteiger partial charge is 0.233 e. The number of carbonyl (C=O) groups excluding carboxylic acids is 1. The van der Waals surface area contributed by atoms with Crippen LogP contribution in [0.5, 0.6) is 0 Å². The van der Waals surface area contributed by atoms with E-state index in [9.17, 15) is 9.90 Å². The Kier molecular flexibility index (Phi) is 4.20. The standard InChI is InChI=1S/C22H32N2O2/c1-20(2)15-24(16-22(20,26)18-9-10-18)19(25)21(11-13-23(3)14-12-21)17-7-5-4-6-8-17/h4-8,18,26H,9-16H2,1-3H3/t22-/m1/s1. The van der Waals surface area contributed by atoms with E-state index < -0.39 is 11.0 Å². The Hall–Kier alpha value is -1.39. The van der Waals surface area contributed by atoms with Gasteiger partial charge in [-0.2, -0.15) is 0 Å². The molecule has 0 spiro atoms. The summed E-state index contributed by atoms with van der Waals surface area (Å²) < 4.78 is 0. The summed E-state index contributed by atoms with van der Waals surface area (Å²) in [6, 6.07) is 10.3. The fraction of sp³-hybridized carbons (Fsp3) is 0.682. The van der Waals surface area contributed by atoms with Gasteiger partial charge >= 0.3 is 0 Å². The van der Waals surface area contributed by atoms with E-state index >= 15 is 0 Å². The van der Waals surface area contributed by atoms with Gasteiger partial charge in [-0.15, -0.1) is 0 Å². The highest BCUT2D eigenvalue weighted by molar-refractivity contribution is 5.89. The number of hydrogen-bond acceptors (Lipinski definition) is 3. The minimum absolute atomic E-state index is 0.224. The average molecular weight is 357 g/mol. The lowest BCUT2D eigenvalue weighted by Gasteiger charge is -2.42. The van der Waals surface area contributed by atoms with E-state index in [0.717, 1.165) is 44.3 Å². The second kappa shape index (κ2) is 6.07. The Morgan fingerprint density at radius 1 is 1.08 bits per heavy atom. The molecule has 142 valence electrons. The van der Waals surface area contributed by atoms with Gasteiger partial charge < -0.3 is 14.9 Å². The monoisotopic (exact) mass is 356 g/mol. The molecule has 3 aliphatic rings. The van der Waals surface area contributed by atoms with Gasteiger partial charge in [-0.1, -0.05) is 44.2 Å². The van der Waals surface area contributed by atoms with Crippen molar-refractivity contribution in [3.8, 4) is 0 Å². The van der Waals surface area contributed by atoms with Gasteiger partial charge in [0.15, 0.2) is 0 Å². The molecule has 4 heteroatoms. The summed E-state index contributed by atoms with van der Waals surface area (Å²) >= 11 is 0. The van der Waals surface area contributed by atoms with E-state index in [0.29, 0.717) is 19.0 Å². The third kappa shape index (κ3) is 2.69. The van der Waals surface area contributed by atoms with Crippen LogP contribution in [0.15, 0.2) is 30.3 Å². The van der Waals surface area contributed by atoms with Crippen molar-refractivity contribution in [1.82, 2.24) is 9.80 Å². The summed E-state index contributed by atoms with van der Waals surface area (Å²) in [6.07, 6.45) is 3.89. The predicted molar refractivity (Wildman–Crippen MR) is 103 cm³/mol. The van der Waals surface area contributed by atoms with Crippen molar-refractivity contribution in [1.29, 1.82) is 0 Å². The molecule has 4 rings (SSSR count). The molecule has 0 radical (unpaired) electrons. The van der Waals surface area contributed by atoms with E-state index in [4.69, 9.17) is 0 Å². The molecule has 2 aliphatic heterocycles. The summed E-state index contributed by atoms with van der Waals surface area (Å²) in [6.45, 7) is 7.28. The first kappa shape index (κ1) is 18.0. The lowest BCUT2D eigenvalue weighted by Crippen LogP contribution is -2.52. The zero-order valence-electron chi connectivity index (χ0n) is 16.4. The van der Waals surface area contributed by atoms with Crippen LogP contribution >= 0.6 is 0 Å². The number of nitrogens with zero attached hydrogens (tertiary/aromatic N) is 2. The molecular formula is C22H32N2O2. The van der Waals surface area contributed by atoms with Crippen molar-refractivity contribution >= 4 is 5.91 Å². The van der Waals surface area contributed by atoms with Crippen LogP contribution in [0, 0.1) is 11.3 Å². The van der Waals surface area contributed by atoms with Crippen LogP contribution in [0.25, 0.3) is 0 Å². The van der Waals surface area contributed by atoms with E-state index in [1.165, 1.54) is 0 Å². The summed E-state index contributed by atoms with van der Waals surface area (Å²) in [4.78, 5) is 18.1. The number of piperidine rings is 1. The van der Waals surface area contributed by atoms with Crippen LogP contribution in [-0.2, 0) is 10.2 Å². The SMILES string of the molecule is CN1CCC(C(=O)N2CC(C)(C)[C@](O)(C3CC3)C2)(c2ccccc2)CC1. The first-order valence-corrected chi connectivity index (χ1v) is 10.0. The highest BCUT2D eigenvalue weighted by atomic mass is 16.3. The molecule has 2 heterocycles. The number of likely N-dealkylation sites (tertiary alicyclic amines) is 2. The van der Waals surface area contributed by atoms with Gasteiger partial charge in [-0.25, -0.2) is 0 Å². The second-order valence-corrected chi connectivity index (χ2v) is 9.50. The minimum Gasteiger partial charge on any atom is -0.387 e. The van der Waals surface area contributed by atoms with E-state index in [2.05, 4.69) is 37.9 Å².